The van der Waals surface area contributed by atoms with Crippen molar-refractivity contribution in [2.24, 2.45) is 5.92 Å². The van der Waals surface area contributed by atoms with Gasteiger partial charge < -0.3 is 10.4 Å². The van der Waals surface area contributed by atoms with E-state index in [0.717, 1.165) is 12.8 Å². The maximum atomic E-state index is 12.9. The highest BCUT2D eigenvalue weighted by atomic mass is 19.1. The van der Waals surface area contributed by atoms with Crippen molar-refractivity contribution >= 4 is 11.9 Å². The van der Waals surface area contributed by atoms with Crippen LogP contribution in [0.1, 0.15) is 30.3 Å². The van der Waals surface area contributed by atoms with Crippen molar-refractivity contribution < 1.29 is 19.1 Å². The molecule has 1 amide bonds. The molecular formula is C16H16FN3O3. The van der Waals surface area contributed by atoms with E-state index in [2.05, 4.69) is 15.5 Å². The molecule has 0 aliphatic heterocycles. The molecule has 1 aromatic carbocycles. The van der Waals surface area contributed by atoms with Gasteiger partial charge in [-0.3, -0.25) is 9.89 Å². The maximum Gasteiger partial charge on any atom is 0.329 e. The number of aliphatic carboxylic acids is 1. The summed E-state index contributed by atoms with van der Waals surface area (Å²) < 4.78 is 12.9. The van der Waals surface area contributed by atoms with Crippen molar-refractivity contribution in [3.63, 3.8) is 0 Å². The number of aromatic nitrogens is 2. The second-order valence-electron chi connectivity index (χ2n) is 5.91. The van der Waals surface area contributed by atoms with Crippen LogP contribution in [0.3, 0.4) is 0 Å². The summed E-state index contributed by atoms with van der Waals surface area (Å²) in [6.45, 7) is 1.52. The van der Waals surface area contributed by atoms with Crippen molar-refractivity contribution in [3.8, 4) is 11.3 Å². The Morgan fingerprint density at radius 3 is 2.57 bits per heavy atom. The molecule has 7 heteroatoms. The smallest absolute Gasteiger partial charge is 0.329 e. The minimum atomic E-state index is -1.28. The summed E-state index contributed by atoms with van der Waals surface area (Å²) >= 11 is 0. The Labute approximate surface area is 131 Å². The Balaban J connectivity index is 1.78. The molecule has 1 heterocycles. The lowest BCUT2D eigenvalue weighted by Crippen LogP contribution is -2.54. The zero-order chi connectivity index (χ0) is 16.6. The minimum Gasteiger partial charge on any atom is -0.480 e. The second-order valence-corrected chi connectivity index (χ2v) is 5.91. The van der Waals surface area contributed by atoms with Gasteiger partial charge in [0.15, 0.2) is 0 Å². The van der Waals surface area contributed by atoms with Gasteiger partial charge in [0.2, 0.25) is 0 Å². The van der Waals surface area contributed by atoms with E-state index in [1.165, 1.54) is 25.1 Å². The first-order valence-corrected chi connectivity index (χ1v) is 7.27. The van der Waals surface area contributed by atoms with Gasteiger partial charge in [-0.05, 0) is 56.0 Å². The molecule has 1 aliphatic carbocycles. The molecule has 1 fully saturated rings. The zero-order valence-corrected chi connectivity index (χ0v) is 12.5. The predicted octanol–water partition coefficient (Wildman–Crippen LogP) is 2.20. The molecule has 0 bridgehead atoms. The number of hydrogen-bond donors (Lipinski definition) is 3. The molecule has 6 nitrogen and oxygen atoms in total. The van der Waals surface area contributed by atoms with E-state index in [1.54, 1.807) is 12.1 Å². The Bertz CT molecular complexity index is 752. The number of halogens is 1. The van der Waals surface area contributed by atoms with Crippen LogP contribution >= 0.6 is 0 Å². The van der Waals surface area contributed by atoms with E-state index in [1.807, 2.05) is 0 Å². The fourth-order valence-electron chi connectivity index (χ4n) is 2.50. The summed E-state index contributed by atoms with van der Waals surface area (Å²) in [6.07, 6.45) is 1.57. The third-order valence-corrected chi connectivity index (χ3v) is 4.17. The first kappa shape index (κ1) is 15.2. The number of carboxylic acid groups (broad SMARTS) is 1. The highest BCUT2D eigenvalue weighted by molar-refractivity contribution is 5.97. The second kappa shape index (κ2) is 5.49. The molecule has 0 radical (unpaired) electrons. The van der Waals surface area contributed by atoms with Crippen LogP contribution in [-0.4, -0.2) is 32.7 Å². The van der Waals surface area contributed by atoms with Crippen LogP contribution < -0.4 is 5.32 Å². The number of rotatable bonds is 5. The largest absolute Gasteiger partial charge is 0.480 e. The highest BCUT2D eigenvalue weighted by Gasteiger charge is 2.48. The monoisotopic (exact) mass is 317 g/mol. The summed E-state index contributed by atoms with van der Waals surface area (Å²) in [7, 11) is 0. The first-order valence-electron chi connectivity index (χ1n) is 7.27. The van der Waals surface area contributed by atoms with Crippen molar-refractivity contribution in [1.82, 2.24) is 15.5 Å². The summed E-state index contributed by atoms with van der Waals surface area (Å²) in [5.41, 5.74) is 0.0269. The van der Waals surface area contributed by atoms with Crippen LogP contribution in [0.15, 0.2) is 30.3 Å². The minimum absolute atomic E-state index is 0.0524. The van der Waals surface area contributed by atoms with Gasteiger partial charge >= 0.3 is 5.97 Å². The van der Waals surface area contributed by atoms with Gasteiger partial charge in [0.1, 0.15) is 17.1 Å². The molecule has 1 atom stereocenters. The first-order chi connectivity index (χ1) is 10.9. The Kier molecular flexibility index (Phi) is 3.63. The summed E-state index contributed by atoms with van der Waals surface area (Å²) in [4.78, 5) is 23.7. The molecule has 23 heavy (non-hydrogen) atoms. The maximum absolute atomic E-state index is 12.9. The molecule has 3 N–H and O–H groups in total. The van der Waals surface area contributed by atoms with Gasteiger partial charge in [-0.1, -0.05) is 0 Å². The normalized spacial score (nSPS) is 16.6. The Morgan fingerprint density at radius 2 is 2.00 bits per heavy atom. The van der Waals surface area contributed by atoms with Crippen molar-refractivity contribution in [2.45, 2.75) is 25.3 Å². The topological polar surface area (TPSA) is 95.1 Å². The van der Waals surface area contributed by atoms with Crippen molar-refractivity contribution in [3.05, 3.63) is 41.8 Å². The van der Waals surface area contributed by atoms with Crippen LogP contribution in [0.25, 0.3) is 11.3 Å². The summed E-state index contributed by atoms with van der Waals surface area (Å²) in [5.74, 6) is -1.98. The van der Waals surface area contributed by atoms with E-state index in [9.17, 15) is 19.1 Å². The van der Waals surface area contributed by atoms with E-state index in [0.29, 0.717) is 11.3 Å². The summed E-state index contributed by atoms with van der Waals surface area (Å²) in [6, 6.07) is 7.23. The lowest BCUT2D eigenvalue weighted by molar-refractivity contribution is -0.144. The number of benzene rings is 1. The number of carboxylic acids is 1. The Hall–Kier alpha value is -2.70. The standard InChI is InChI=1S/C16H16FN3O3/c1-16(15(22)23,10-4-5-10)18-14(21)13-8-12(19-20-13)9-2-6-11(17)7-3-9/h2-3,6-8,10H,4-5H2,1H3,(H,18,21)(H,19,20)(H,22,23). The number of hydrogen-bond acceptors (Lipinski definition) is 3. The molecule has 1 aliphatic rings. The zero-order valence-electron chi connectivity index (χ0n) is 12.5. The fourth-order valence-corrected chi connectivity index (χ4v) is 2.50. The quantitative estimate of drug-likeness (QED) is 0.788. The fraction of sp³-hybridized carbons (Fsp3) is 0.312. The van der Waals surface area contributed by atoms with Gasteiger partial charge in [0.25, 0.3) is 5.91 Å². The molecule has 1 saturated carbocycles. The number of nitrogens with one attached hydrogen (secondary N) is 2. The predicted molar refractivity (Wildman–Crippen MR) is 80.2 cm³/mol. The van der Waals surface area contributed by atoms with Crippen LogP contribution in [0.2, 0.25) is 0 Å². The number of carbonyl (C=O) groups excluding carboxylic acids is 1. The van der Waals surface area contributed by atoms with E-state index < -0.39 is 17.4 Å². The van der Waals surface area contributed by atoms with Gasteiger partial charge in [-0.25, -0.2) is 9.18 Å². The molecule has 2 aromatic rings. The van der Waals surface area contributed by atoms with Gasteiger partial charge in [-0.2, -0.15) is 5.10 Å². The van der Waals surface area contributed by atoms with E-state index >= 15 is 0 Å². The lowest BCUT2D eigenvalue weighted by Gasteiger charge is -2.25. The van der Waals surface area contributed by atoms with Crippen LogP contribution in [0.5, 0.6) is 0 Å². The average molecular weight is 317 g/mol. The number of aromatic amines is 1. The number of nitrogens with zero attached hydrogens (tertiary/aromatic N) is 1. The molecule has 1 unspecified atom stereocenters. The van der Waals surface area contributed by atoms with E-state index in [4.69, 9.17) is 0 Å². The third kappa shape index (κ3) is 2.94. The van der Waals surface area contributed by atoms with Crippen molar-refractivity contribution in [2.75, 3.05) is 0 Å². The van der Waals surface area contributed by atoms with Crippen LogP contribution in [0, 0.1) is 11.7 Å². The van der Waals surface area contributed by atoms with Crippen LogP contribution in [0.4, 0.5) is 4.39 Å². The number of amides is 1. The number of H-pyrrole nitrogens is 1. The highest BCUT2D eigenvalue weighted by Crippen LogP contribution is 2.39. The molecular weight excluding hydrogens is 301 g/mol. The SMILES string of the molecule is CC(NC(=O)c1cc(-c2ccc(F)cc2)n[nH]1)(C(=O)O)C1CC1. The molecule has 0 saturated heterocycles. The Morgan fingerprint density at radius 1 is 1.35 bits per heavy atom. The van der Waals surface area contributed by atoms with Gasteiger partial charge in [-0.15, -0.1) is 0 Å². The molecule has 1 aromatic heterocycles. The summed E-state index contributed by atoms with van der Waals surface area (Å²) in [5, 5.41) is 18.6. The van der Waals surface area contributed by atoms with Crippen LogP contribution in [-0.2, 0) is 4.79 Å². The van der Waals surface area contributed by atoms with E-state index in [-0.39, 0.29) is 17.4 Å². The van der Waals surface area contributed by atoms with Crippen molar-refractivity contribution in [1.29, 1.82) is 0 Å². The number of carbonyl (C=O) groups is 2. The molecule has 0 spiro atoms. The molecule has 120 valence electrons. The molecule has 3 rings (SSSR count). The lowest BCUT2D eigenvalue weighted by atomic mass is 9.96. The third-order valence-electron chi connectivity index (χ3n) is 4.17. The van der Waals surface area contributed by atoms with Gasteiger partial charge in [0, 0.05) is 5.56 Å². The van der Waals surface area contributed by atoms with Gasteiger partial charge in [0.05, 0.1) is 5.69 Å². The average Bonchev–Trinajstić information content (AvgIpc) is 3.26.